The van der Waals surface area contributed by atoms with E-state index in [2.05, 4.69) is 16.7 Å². The molecular weight excluding hydrogens is 240 g/mol. The first-order valence-corrected chi connectivity index (χ1v) is 6.64. The van der Waals surface area contributed by atoms with Crippen molar-refractivity contribution in [2.24, 2.45) is 7.05 Å². The van der Waals surface area contributed by atoms with E-state index in [0.717, 1.165) is 16.5 Å². The number of rotatable bonds is 2. The zero-order valence-corrected chi connectivity index (χ0v) is 11.0. The Morgan fingerprint density at radius 1 is 1.42 bits per heavy atom. The van der Waals surface area contributed by atoms with E-state index in [-0.39, 0.29) is 12.0 Å². The predicted molar refractivity (Wildman–Crippen MR) is 73.8 cm³/mol. The van der Waals surface area contributed by atoms with Crippen molar-refractivity contribution in [3.8, 4) is 0 Å². The molecule has 1 aliphatic heterocycles. The number of β-amino-alcohol motifs (C(OH)–C–C–N with tert-alkyl or cyclic N) is 1. The van der Waals surface area contributed by atoms with Gasteiger partial charge in [-0.05, 0) is 18.1 Å². The smallest absolute Gasteiger partial charge is 0.227 e. The predicted octanol–water partition coefficient (Wildman–Crippen LogP) is 1.31. The maximum atomic E-state index is 12.2. The van der Waals surface area contributed by atoms with Crippen LogP contribution < -0.4 is 0 Å². The maximum Gasteiger partial charge on any atom is 0.227 e. The molecule has 1 fully saturated rings. The van der Waals surface area contributed by atoms with Crippen LogP contribution in [0.15, 0.2) is 30.5 Å². The molecule has 1 saturated heterocycles. The Labute approximate surface area is 112 Å². The first kappa shape index (κ1) is 12.2. The molecule has 0 radical (unpaired) electrons. The average molecular weight is 258 g/mol. The number of nitrogens with zero attached hydrogens (tertiary/aromatic N) is 2. The molecule has 0 bridgehead atoms. The van der Waals surface area contributed by atoms with Crippen molar-refractivity contribution in [2.45, 2.75) is 18.9 Å². The summed E-state index contributed by atoms with van der Waals surface area (Å²) in [6.45, 7) is 1.15. The van der Waals surface area contributed by atoms with Gasteiger partial charge in [-0.3, -0.25) is 4.79 Å². The van der Waals surface area contributed by atoms with Crippen molar-refractivity contribution in [2.75, 3.05) is 13.1 Å². The van der Waals surface area contributed by atoms with Gasteiger partial charge in [-0.15, -0.1) is 0 Å². The number of likely N-dealkylation sites (tertiary alicyclic amines) is 1. The monoisotopic (exact) mass is 258 g/mol. The molecule has 1 aromatic carbocycles. The number of fused-ring (bicyclic) bond motifs is 1. The van der Waals surface area contributed by atoms with Gasteiger partial charge in [0.2, 0.25) is 5.91 Å². The summed E-state index contributed by atoms with van der Waals surface area (Å²) in [5, 5.41) is 10.6. The Bertz CT molecular complexity index is 618. The van der Waals surface area contributed by atoms with Gasteiger partial charge in [0.15, 0.2) is 0 Å². The normalized spacial score (nSPS) is 19.3. The van der Waals surface area contributed by atoms with Crippen LogP contribution in [0.5, 0.6) is 0 Å². The molecule has 2 heterocycles. The van der Waals surface area contributed by atoms with Crippen LogP contribution in [0.25, 0.3) is 10.9 Å². The highest BCUT2D eigenvalue weighted by molar-refractivity contribution is 5.89. The standard InChI is InChI=1S/C15H18N2O2/c1-16-9-11(13-4-2-3-5-14(13)16)8-15(19)17-7-6-12(18)10-17/h2-5,9,12,18H,6-8,10H2,1H3/t12-/m1/s1. The third kappa shape index (κ3) is 2.24. The number of aromatic nitrogens is 1. The number of hydrogen-bond donors (Lipinski definition) is 1. The minimum absolute atomic E-state index is 0.105. The molecular formula is C15H18N2O2. The van der Waals surface area contributed by atoms with Crippen LogP contribution in [-0.2, 0) is 18.3 Å². The lowest BCUT2D eigenvalue weighted by Gasteiger charge is -2.15. The number of hydrogen-bond acceptors (Lipinski definition) is 2. The van der Waals surface area contributed by atoms with Crippen molar-refractivity contribution in [1.29, 1.82) is 0 Å². The molecule has 0 spiro atoms. The molecule has 0 unspecified atom stereocenters. The molecule has 1 atom stereocenters. The van der Waals surface area contributed by atoms with Crippen molar-refractivity contribution in [3.63, 3.8) is 0 Å². The van der Waals surface area contributed by atoms with E-state index in [0.29, 0.717) is 25.9 Å². The third-order valence-corrected chi connectivity index (χ3v) is 3.84. The lowest BCUT2D eigenvalue weighted by atomic mass is 10.1. The van der Waals surface area contributed by atoms with E-state index < -0.39 is 0 Å². The van der Waals surface area contributed by atoms with Crippen LogP contribution in [0.3, 0.4) is 0 Å². The minimum Gasteiger partial charge on any atom is -0.391 e. The van der Waals surface area contributed by atoms with Crippen molar-refractivity contribution in [3.05, 3.63) is 36.0 Å². The summed E-state index contributed by atoms with van der Waals surface area (Å²) >= 11 is 0. The largest absolute Gasteiger partial charge is 0.391 e. The van der Waals surface area contributed by atoms with Crippen molar-refractivity contribution >= 4 is 16.8 Å². The molecule has 4 nitrogen and oxygen atoms in total. The lowest BCUT2D eigenvalue weighted by molar-refractivity contribution is -0.129. The molecule has 100 valence electrons. The Morgan fingerprint density at radius 3 is 2.95 bits per heavy atom. The highest BCUT2D eigenvalue weighted by Gasteiger charge is 2.25. The third-order valence-electron chi connectivity index (χ3n) is 3.84. The molecule has 1 N–H and O–H groups in total. The lowest BCUT2D eigenvalue weighted by Crippen LogP contribution is -2.30. The van der Waals surface area contributed by atoms with E-state index in [1.807, 2.05) is 25.4 Å². The first-order chi connectivity index (χ1) is 9.15. The van der Waals surface area contributed by atoms with Crippen LogP contribution in [0.1, 0.15) is 12.0 Å². The number of aliphatic hydroxyl groups excluding tert-OH is 1. The summed E-state index contributed by atoms with van der Waals surface area (Å²) in [7, 11) is 2.00. The number of aliphatic hydroxyl groups is 1. The van der Waals surface area contributed by atoms with E-state index >= 15 is 0 Å². The summed E-state index contributed by atoms with van der Waals surface area (Å²) in [6, 6.07) is 8.11. The fourth-order valence-corrected chi connectivity index (χ4v) is 2.81. The first-order valence-electron chi connectivity index (χ1n) is 6.64. The summed E-state index contributed by atoms with van der Waals surface area (Å²) < 4.78 is 2.05. The second-order valence-electron chi connectivity index (χ2n) is 5.24. The van der Waals surface area contributed by atoms with Crippen LogP contribution in [0, 0.1) is 0 Å². The van der Waals surface area contributed by atoms with Gasteiger partial charge >= 0.3 is 0 Å². The Balaban J connectivity index is 1.83. The fourth-order valence-electron chi connectivity index (χ4n) is 2.81. The van der Waals surface area contributed by atoms with Gasteiger partial charge in [0.05, 0.1) is 12.5 Å². The molecule has 1 amide bonds. The van der Waals surface area contributed by atoms with Gasteiger partial charge in [0.1, 0.15) is 0 Å². The van der Waals surface area contributed by atoms with Gasteiger partial charge in [-0.2, -0.15) is 0 Å². The zero-order valence-electron chi connectivity index (χ0n) is 11.0. The summed E-state index contributed by atoms with van der Waals surface area (Å²) in [6.07, 6.45) is 2.78. The number of carbonyl (C=O) groups is 1. The second kappa shape index (κ2) is 4.70. The van der Waals surface area contributed by atoms with Gasteiger partial charge in [0, 0.05) is 37.2 Å². The topological polar surface area (TPSA) is 45.5 Å². The Morgan fingerprint density at radius 2 is 2.21 bits per heavy atom. The molecule has 2 aromatic rings. The second-order valence-corrected chi connectivity index (χ2v) is 5.24. The van der Waals surface area contributed by atoms with Crippen LogP contribution in [-0.4, -0.2) is 39.7 Å². The maximum absolute atomic E-state index is 12.2. The summed E-state index contributed by atoms with van der Waals surface area (Å²) in [5.41, 5.74) is 2.20. The molecule has 0 aliphatic carbocycles. The molecule has 4 heteroatoms. The quantitative estimate of drug-likeness (QED) is 0.883. The van der Waals surface area contributed by atoms with E-state index in [1.54, 1.807) is 4.90 Å². The number of para-hydroxylation sites is 1. The average Bonchev–Trinajstić information content (AvgIpc) is 2.96. The highest BCUT2D eigenvalue weighted by Crippen LogP contribution is 2.22. The number of aryl methyl sites for hydroxylation is 1. The Kier molecular flexibility index (Phi) is 3.03. The van der Waals surface area contributed by atoms with Gasteiger partial charge in [-0.1, -0.05) is 18.2 Å². The number of amides is 1. The summed E-state index contributed by atoms with van der Waals surface area (Å²) in [5.74, 6) is 0.105. The minimum atomic E-state index is -0.350. The van der Waals surface area contributed by atoms with Gasteiger partial charge in [-0.25, -0.2) is 0 Å². The van der Waals surface area contributed by atoms with Crippen LogP contribution in [0.4, 0.5) is 0 Å². The molecule has 3 rings (SSSR count). The number of benzene rings is 1. The van der Waals surface area contributed by atoms with E-state index in [9.17, 15) is 9.90 Å². The zero-order chi connectivity index (χ0) is 13.4. The SMILES string of the molecule is Cn1cc(CC(=O)N2CC[C@@H](O)C2)c2ccccc21. The van der Waals surface area contributed by atoms with Crippen molar-refractivity contribution in [1.82, 2.24) is 9.47 Å². The van der Waals surface area contributed by atoms with Gasteiger partial charge < -0.3 is 14.6 Å². The molecule has 1 aliphatic rings. The van der Waals surface area contributed by atoms with Crippen LogP contribution >= 0.6 is 0 Å². The highest BCUT2D eigenvalue weighted by atomic mass is 16.3. The number of carbonyl (C=O) groups excluding carboxylic acids is 1. The molecule has 1 aromatic heterocycles. The molecule has 0 saturated carbocycles. The molecule has 19 heavy (non-hydrogen) atoms. The van der Waals surface area contributed by atoms with E-state index in [4.69, 9.17) is 0 Å². The fraction of sp³-hybridized carbons (Fsp3) is 0.400. The van der Waals surface area contributed by atoms with Crippen LogP contribution in [0.2, 0.25) is 0 Å². The van der Waals surface area contributed by atoms with E-state index in [1.165, 1.54) is 0 Å². The van der Waals surface area contributed by atoms with Gasteiger partial charge in [0.25, 0.3) is 0 Å². The Hall–Kier alpha value is -1.81. The van der Waals surface area contributed by atoms with Crippen molar-refractivity contribution < 1.29 is 9.90 Å². The summed E-state index contributed by atoms with van der Waals surface area (Å²) in [4.78, 5) is 14.0.